The molecule has 0 saturated heterocycles. The maximum Gasteiger partial charge on any atom is 0.188 e. The van der Waals surface area contributed by atoms with Crippen molar-refractivity contribution in [1.29, 1.82) is 5.26 Å². The van der Waals surface area contributed by atoms with Gasteiger partial charge in [0.05, 0.1) is 22.9 Å². The third-order valence-corrected chi connectivity index (χ3v) is 4.31. The van der Waals surface area contributed by atoms with E-state index in [-0.39, 0.29) is 11.5 Å². The van der Waals surface area contributed by atoms with Crippen molar-refractivity contribution in [3.63, 3.8) is 0 Å². The Kier molecular flexibility index (Phi) is 4.58. The molecule has 3 aromatic rings. The van der Waals surface area contributed by atoms with E-state index >= 15 is 0 Å². The number of hydrogen-bond donors (Lipinski definition) is 1. The van der Waals surface area contributed by atoms with Crippen LogP contribution >= 0.6 is 11.8 Å². The predicted octanol–water partition coefficient (Wildman–Crippen LogP) is 2.94. The van der Waals surface area contributed by atoms with Crippen LogP contribution in [0.5, 0.6) is 0 Å². The molecule has 0 spiro atoms. The maximum atomic E-state index is 12.4. The highest BCUT2D eigenvalue weighted by atomic mass is 32.2. The second-order valence-corrected chi connectivity index (χ2v) is 6.33. The number of aryl methyl sites for hydroxylation is 2. The van der Waals surface area contributed by atoms with Crippen LogP contribution in [0.1, 0.15) is 23.1 Å². The number of nitriles is 1. The monoisotopic (exact) mass is 337 g/mol. The van der Waals surface area contributed by atoms with Crippen LogP contribution in [-0.2, 0) is 4.79 Å². The Morgan fingerprint density at radius 3 is 2.62 bits per heavy atom. The number of nitrogens with zero attached hydrogens (tertiary/aromatic N) is 4. The van der Waals surface area contributed by atoms with E-state index in [9.17, 15) is 10.1 Å². The number of carbonyl (C=O) groups excluding carboxylic acids is 1. The van der Waals surface area contributed by atoms with Crippen molar-refractivity contribution in [2.45, 2.75) is 24.9 Å². The number of aromatic amines is 1. The van der Waals surface area contributed by atoms with Crippen molar-refractivity contribution in [1.82, 2.24) is 19.9 Å². The van der Waals surface area contributed by atoms with Crippen LogP contribution in [0.2, 0.25) is 0 Å². The van der Waals surface area contributed by atoms with E-state index in [4.69, 9.17) is 0 Å². The number of ketones is 1. The second-order valence-electron chi connectivity index (χ2n) is 5.39. The van der Waals surface area contributed by atoms with Gasteiger partial charge in [0.1, 0.15) is 5.82 Å². The summed E-state index contributed by atoms with van der Waals surface area (Å²) in [7, 11) is 0. The first kappa shape index (κ1) is 16.1. The Labute approximate surface area is 143 Å². The van der Waals surface area contributed by atoms with Gasteiger partial charge in [0.25, 0.3) is 0 Å². The molecule has 0 fully saturated rings. The molecule has 0 bridgehead atoms. The summed E-state index contributed by atoms with van der Waals surface area (Å²) in [5.74, 6) is -0.635. The van der Waals surface area contributed by atoms with Crippen LogP contribution in [0.25, 0.3) is 11.0 Å². The van der Waals surface area contributed by atoms with Crippen LogP contribution in [0.3, 0.4) is 0 Å². The van der Waals surface area contributed by atoms with Crippen LogP contribution < -0.4 is 0 Å². The van der Waals surface area contributed by atoms with Gasteiger partial charge < -0.3 is 4.98 Å². The van der Waals surface area contributed by atoms with E-state index in [1.165, 1.54) is 11.8 Å². The molecule has 2 heterocycles. The molecule has 1 atom stereocenters. The Morgan fingerprint density at radius 1 is 1.25 bits per heavy atom. The van der Waals surface area contributed by atoms with Crippen molar-refractivity contribution in [3.8, 4) is 6.07 Å². The number of Topliss-reactive ketones (excluding diaryl/α,β-unsaturated/α-hetero) is 1. The zero-order valence-electron chi connectivity index (χ0n) is 13.3. The van der Waals surface area contributed by atoms with Gasteiger partial charge in [-0.2, -0.15) is 5.26 Å². The molecule has 1 aromatic carbocycles. The molecule has 1 N–H and O–H groups in total. The van der Waals surface area contributed by atoms with E-state index in [0.717, 1.165) is 22.4 Å². The molecule has 120 valence electrons. The summed E-state index contributed by atoms with van der Waals surface area (Å²) in [6.07, 6.45) is 0. The van der Waals surface area contributed by atoms with E-state index in [0.29, 0.717) is 11.0 Å². The van der Waals surface area contributed by atoms with Crippen molar-refractivity contribution in [3.05, 3.63) is 47.5 Å². The van der Waals surface area contributed by atoms with Crippen molar-refractivity contribution in [2.24, 2.45) is 0 Å². The molecular weight excluding hydrogens is 322 g/mol. The fourth-order valence-corrected chi connectivity index (χ4v) is 3.23. The minimum Gasteiger partial charge on any atom is -0.340 e. The number of aromatic nitrogens is 4. The minimum absolute atomic E-state index is 0.123. The first-order chi connectivity index (χ1) is 11.6. The van der Waals surface area contributed by atoms with E-state index in [1.807, 2.05) is 50.2 Å². The van der Waals surface area contributed by atoms with Crippen molar-refractivity contribution < 1.29 is 4.79 Å². The molecule has 0 aliphatic rings. The van der Waals surface area contributed by atoms with Gasteiger partial charge in [-0.1, -0.05) is 23.9 Å². The molecule has 6 nitrogen and oxygen atoms in total. The third-order valence-electron chi connectivity index (χ3n) is 3.44. The topological polar surface area (TPSA) is 95.3 Å². The number of para-hydroxylation sites is 2. The van der Waals surface area contributed by atoms with Gasteiger partial charge in [0.15, 0.2) is 16.9 Å². The number of rotatable bonds is 5. The number of hydrogen-bond acceptors (Lipinski definition) is 6. The Bertz CT molecular complexity index is 890. The van der Waals surface area contributed by atoms with Gasteiger partial charge in [0.2, 0.25) is 0 Å². The molecule has 2 aromatic heterocycles. The van der Waals surface area contributed by atoms with Crippen LogP contribution in [0.4, 0.5) is 0 Å². The first-order valence-electron chi connectivity index (χ1n) is 7.39. The number of benzene rings is 1. The lowest BCUT2D eigenvalue weighted by molar-refractivity contribution is -0.117. The van der Waals surface area contributed by atoms with Crippen LogP contribution in [0.15, 0.2) is 35.5 Å². The van der Waals surface area contributed by atoms with Crippen molar-refractivity contribution in [2.75, 3.05) is 5.75 Å². The highest BCUT2D eigenvalue weighted by Gasteiger charge is 2.24. The number of H-pyrrole nitrogens is 1. The van der Waals surface area contributed by atoms with E-state index in [1.54, 1.807) is 0 Å². The highest BCUT2D eigenvalue weighted by molar-refractivity contribution is 7.99. The average molecular weight is 337 g/mol. The Morgan fingerprint density at radius 2 is 1.96 bits per heavy atom. The molecular formula is C17H15N5OS. The smallest absolute Gasteiger partial charge is 0.188 e. The van der Waals surface area contributed by atoms with Gasteiger partial charge >= 0.3 is 0 Å². The molecule has 3 rings (SSSR count). The Hall–Kier alpha value is -2.72. The summed E-state index contributed by atoms with van der Waals surface area (Å²) in [4.78, 5) is 28.4. The summed E-state index contributed by atoms with van der Waals surface area (Å²) in [6, 6.07) is 11.4. The molecule has 0 aliphatic heterocycles. The number of carbonyl (C=O) groups is 1. The third kappa shape index (κ3) is 3.44. The zero-order chi connectivity index (χ0) is 17.1. The van der Waals surface area contributed by atoms with Crippen LogP contribution in [-0.4, -0.2) is 31.5 Å². The molecule has 0 amide bonds. The number of fused-ring (bicyclic) bond motifs is 1. The average Bonchev–Trinajstić information content (AvgIpc) is 2.96. The summed E-state index contributed by atoms with van der Waals surface area (Å²) < 4.78 is 0. The normalized spacial score (nSPS) is 12.0. The highest BCUT2D eigenvalue weighted by Crippen LogP contribution is 2.22. The molecule has 24 heavy (non-hydrogen) atoms. The summed E-state index contributed by atoms with van der Waals surface area (Å²) in [6.45, 7) is 3.76. The zero-order valence-corrected chi connectivity index (χ0v) is 14.1. The lowest BCUT2D eigenvalue weighted by atomic mass is 10.1. The van der Waals surface area contributed by atoms with E-state index < -0.39 is 5.92 Å². The summed E-state index contributed by atoms with van der Waals surface area (Å²) in [5, 5.41) is 9.93. The lowest BCUT2D eigenvalue weighted by Crippen LogP contribution is -2.15. The minimum atomic E-state index is -0.921. The number of imidazole rings is 1. The Balaban J connectivity index is 1.75. The molecule has 0 saturated carbocycles. The first-order valence-corrected chi connectivity index (χ1v) is 8.37. The quantitative estimate of drug-likeness (QED) is 0.568. The molecule has 0 aliphatic carbocycles. The fourth-order valence-electron chi connectivity index (χ4n) is 2.37. The number of nitrogens with one attached hydrogen (secondary N) is 1. The van der Waals surface area contributed by atoms with E-state index in [2.05, 4.69) is 19.9 Å². The number of thioether (sulfide) groups is 1. The fraction of sp³-hybridized carbons (Fsp3) is 0.235. The molecule has 0 unspecified atom stereocenters. The molecule has 0 radical (unpaired) electrons. The van der Waals surface area contributed by atoms with Gasteiger partial charge in [-0.3, -0.25) is 4.79 Å². The van der Waals surface area contributed by atoms with Gasteiger partial charge in [-0.05, 0) is 32.0 Å². The van der Waals surface area contributed by atoms with Gasteiger partial charge in [-0.25, -0.2) is 15.0 Å². The maximum absolute atomic E-state index is 12.4. The molecule has 7 heteroatoms. The lowest BCUT2D eigenvalue weighted by Gasteiger charge is -2.05. The largest absolute Gasteiger partial charge is 0.340 e. The standard InChI is InChI=1S/C17H15N5OS/c1-10-7-11(2)20-17(19-10)24-9-15(23)12(8-18)16-21-13-5-3-4-6-14(13)22-16/h3-7,12H,9H2,1-2H3,(H,21,22)/t12-/m1/s1. The summed E-state index contributed by atoms with van der Waals surface area (Å²) >= 11 is 1.24. The van der Waals surface area contributed by atoms with Crippen LogP contribution in [0, 0.1) is 25.2 Å². The second kappa shape index (κ2) is 6.81. The predicted molar refractivity (Wildman–Crippen MR) is 91.7 cm³/mol. The van der Waals surface area contributed by atoms with Gasteiger partial charge in [0, 0.05) is 11.4 Å². The SMILES string of the molecule is Cc1cc(C)nc(SCC(=O)[C@@H](C#N)c2nc3ccccc3[nH]2)n1. The van der Waals surface area contributed by atoms with Crippen molar-refractivity contribution >= 4 is 28.6 Å². The van der Waals surface area contributed by atoms with Gasteiger partial charge in [-0.15, -0.1) is 0 Å². The summed E-state index contributed by atoms with van der Waals surface area (Å²) in [5.41, 5.74) is 3.26.